The van der Waals surface area contributed by atoms with Crippen molar-refractivity contribution in [2.24, 2.45) is 0 Å². The Balaban J connectivity index is 0.00000385. The number of esters is 1. The van der Waals surface area contributed by atoms with E-state index in [-0.39, 0.29) is 18.1 Å². The van der Waals surface area contributed by atoms with Gasteiger partial charge in [0.1, 0.15) is 5.75 Å². The van der Waals surface area contributed by atoms with Crippen LogP contribution in [0.2, 0.25) is 0 Å². The molecular weight excluding hydrogens is 412 g/mol. The Hall–Kier alpha value is -2.22. The molecule has 0 aliphatic carbocycles. The summed E-state index contributed by atoms with van der Waals surface area (Å²) in [6.45, 7) is -4.23. The third-order valence-electron chi connectivity index (χ3n) is 4.13. The van der Waals surface area contributed by atoms with Crippen LogP contribution >= 0.6 is 24.2 Å². The second kappa shape index (κ2) is 10.5. The number of halogens is 1. The van der Waals surface area contributed by atoms with Crippen LogP contribution in [-0.4, -0.2) is 45.1 Å². The number of thioether (sulfide) groups is 1. The number of fused-ring (bicyclic) bond motifs is 1. The highest BCUT2D eigenvalue weighted by Crippen LogP contribution is 2.46. The number of hydrogen-bond acceptors (Lipinski definition) is 6. The number of carbonyl (C=O) groups is 2. The number of nitrogens with zero attached hydrogens (tertiary/aromatic N) is 1. The minimum absolute atomic E-state index is 0. The van der Waals surface area contributed by atoms with E-state index < -0.39 is 36.2 Å². The van der Waals surface area contributed by atoms with E-state index in [2.05, 4.69) is 5.32 Å². The van der Waals surface area contributed by atoms with E-state index in [4.69, 9.17) is 15.0 Å². The molecule has 0 bridgehead atoms. The molecule has 2 aromatic carbocycles. The highest BCUT2D eigenvalue weighted by molar-refractivity contribution is 7.99. The predicted molar refractivity (Wildman–Crippen MR) is 117 cm³/mol. The van der Waals surface area contributed by atoms with Gasteiger partial charge in [-0.3, -0.25) is 9.59 Å². The Morgan fingerprint density at radius 2 is 1.93 bits per heavy atom. The van der Waals surface area contributed by atoms with Crippen LogP contribution in [0, 0.1) is 0 Å². The summed E-state index contributed by atoms with van der Waals surface area (Å²) in [6, 6.07) is 13.6. The van der Waals surface area contributed by atoms with E-state index in [0.29, 0.717) is 16.2 Å². The standard InChI is InChI=1S/C21H24N2O4S.ClH/c1-14(24)27-19-20(15-8-10-16(26-3)11-9-15)28-18-7-5-4-6-17(18)23(21(19)25)13-12-22-2;/h4-11,19-20,22H,12-13H2,1-3H3;1H/t19-,20+;/m1./s1/i12D2,13D2;. The first-order valence-electron chi connectivity index (χ1n) is 10.6. The summed E-state index contributed by atoms with van der Waals surface area (Å²) >= 11 is 1.25. The van der Waals surface area contributed by atoms with Gasteiger partial charge in [0.05, 0.1) is 20.8 Å². The van der Waals surface area contributed by atoms with Crippen molar-refractivity contribution in [3.63, 3.8) is 0 Å². The maximum absolute atomic E-state index is 13.7. The summed E-state index contributed by atoms with van der Waals surface area (Å²) in [5.41, 5.74) is 0.865. The van der Waals surface area contributed by atoms with Gasteiger partial charge >= 0.3 is 5.97 Å². The lowest BCUT2D eigenvalue weighted by Crippen LogP contribution is -2.45. The number of carbonyl (C=O) groups excluding carboxylic acids is 2. The molecule has 1 amide bonds. The van der Waals surface area contributed by atoms with Gasteiger partial charge in [-0.25, -0.2) is 0 Å². The SMILES string of the molecule is Cl.[2H]C([2H])(NC)C([2H])([2H])N1C(=O)[C@H](OC(C)=O)[C@H](c2ccc(OC)cc2)Sc2ccccc21. The van der Waals surface area contributed by atoms with Gasteiger partial charge in [-0.2, -0.15) is 0 Å². The van der Waals surface area contributed by atoms with Crippen LogP contribution in [0.5, 0.6) is 5.75 Å². The lowest BCUT2D eigenvalue weighted by molar-refractivity contribution is -0.152. The maximum Gasteiger partial charge on any atom is 0.303 e. The Labute approximate surface area is 187 Å². The molecule has 0 saturated carbocycles. The number of para-hydroxylation sites is 1. The third kappa shape index (κ3) is 5.23. The zero-order valence-electron chi connectivity index (χ0n) is 20.2. The molecule has 6 nitrogen and oxygen atoms in total. The number of amides is 1. The third-order valence-corrected chi connectivity index (χ3v) is 5.50. The zero-order chi connectivity index (χ0) is 23.7. The average molecular weight is 441 g/mol. The van der Waals surface area contributed by atoms with Crippen molar-refractivity contribution in [3.8, 4) is 5.75 Å². The average Bonchev–Trinajstić information content (AvgIpc) is 2.88. The molecule has 0 aromatic heterocycles. The van der Waals surface area contributed by atoms with Gasteiger partial charge in [0, 0.05) is 27.6 Å². The van der Waals surface area contributed by atoms with Crippen molar-refractivity contribution in [2.45, 2.75) is 23.2 Å². The number of benzene rings is 2. The van der Waals surface area contributed by atoms with E-state index in [1.807, 2.05) is 0 Å². The smallest absolute Gasteiger partial charge is 0.303 e. The molecule has 1 N–H and O–H groups in total. The van der Waals surface area contributed by atoms with Crippen LogP contribution in [0.15, 0.2) is 53.4 Å². The zero-order valence-corrected chi connectivity index (χ0v) is 17.8. The Morgan fingerprint density at radius 1 is 1.24 bits per heavy atom. The molecule has 8 heteroatoms. The number of anilines is 1. The number of rotatable bonds is 6. The highest BCUT2D eigenvalue weighted by Gasteiger charge is 2.40. The maximum atomic E-state index is 13.7. The topological polar surface area (TPSA) is 67.9 Å². The van der Waals surface area contributed by atoms with E-state index in [1.54, 1.807) is 48.5 Å². The normalized spacial score (nSPS) is 21.3. The van der Waals surface area contributed by atoms with Gasteiger partial charge in [0.15, 0.2) is 6.10 Å². The van der Waals surface area contributed by atoms with Crippen LogP contribution in [0.25, 0.3) is 0 Å². The summed E-state index contributed by atoms with van der Waals surface area (Å²) in [6.07, 6.45) is -1.39. The first-order valence-corrected chi connectivity index (χ1v) is 9.51. The van der Waals surface area contributed by atoms with E-state index in [9.17, 15) is 9.59 Å². The fraction of sp³-hybridized carbons (Fsp3) is 0.333. The van der Waals surface area contributed by atoms with Crippen molar-refractivity contribution in [1.82, 2.24) is 5.32 Å². The van der Waals surface area contributed by atoms with E-state index in [1.165, 1.54) is 32.8 Å². The largest absolute Gasteiger partial charge is 0.497 e. The van der Waals surface area contributed by atoms with Crippen molar-refractivity contribution in [2.75, 3.05) is 32.1 Å². The van der Waals surface area contributed by atoms with E-state index >= 15 is 0 Å². The molecule has 1 aliphatic heterocycles. The van der Waals surface area contributed by atoms with Crippen molar-refractivity contribution >= 4 is 41.7 Å². The first kappa shape index (κ1) is 17.6. The van der Waals surface area contributed by atoms with Gasteiger partial charge in [0.25, 0.3) is 5.91 Å². The lowest BCUT2D eigenvalue weighted by atomic mass is 10.1. The molecule has 3 rings (SSSR count). The van der Waals surface area contributed by atoms with Gasteiger partial charge in [0.2, 0.25) is 0 Å². The molecule has 156 valence electrons. The number of hydrogen-bond donors (Lipinski definition) is 1. The summed E-state index contributed by atoms with van der Waals surface area (Å²) in [4.78, 5) is 27.0. The number of likely N-dealkylation sites (N-methyl/N-ethyl adjacent to an activating group) is 1. The monoisotopic (exact) mass is 440 g/mol. The minimum Gasteiger partial charge on any atom is -0.497 e. The first-order chi connectivity index (χ1) is 15.0. The summed E-state index contributed by atoms with van der Waals surface area (Å²) in [5, 5.41) is 1.60. The Kier molecular flexibility index (Phi) is 6.40. The van der Waals surface area contributed by atoms with Gasteiger partial charge < -0.3 is 19.7 Å². The Morgan fingerprint density at radius 3 is 2.55 bits per heavy atom. The summed E-state index contributed by atoms with van der Waals surface area (Å²) in [7, 11) is 2.80. The van der Waals surface area contributed by atoms with Crippen LogP contribution < -0.4 is 15.0 Å². The molecule has 29 heavy (non-hydrogen) atoms. The van der Waals surface area contributed by atoms with Crippen LogP contribution in [0.4, 0.5) is 5.69 Å². The molecule has 0 fully saturated rings. The van der Waals surface area contributed by atoms with Gasteiger partial charge in [-0.15, -0.1) is 24.2 Å². The molecular formula is C21H25ClN2O4S. The quantitative estimate of drug-likeness (QED) is 0.694. The second-order valence-corrected chi connectivity index (χ2v) is 7.15. The number of methoxy groups -OCH3 is 1. The molecule has 0 saturated heterocycles. The molecule has 0 radical (unpaired) electrons. The Bertz CT molecular complexity index is 1010. The van der Waals surface area contributed by atoms with Crippen LogP contribution in [0.1, 0.15) is 23.2 Å². The van der Waals surface area contributed by atoms with Crippen LogP contribution in [-0.2, 0) is 14.3 Å². The minimum atomic E-state index is -2.80. The van der Waals surface area contributed by atoms with E-state index in [0.717, 1.165) is 4.90 Å². The lowest BCUT2D eigenvalue weighted by Gasteiger charge is -2.27. The fourth-order valence-electron chi connectivity index (χ4n) is 2.87. The predicted octanol–water partition coefficient (Wildman–Crippen LogP) is 3.45. The molecule has 0 spiro atoms. The molecule has 2 aromatic rings. The second-order valence-electron chi connectivity index (χ2n) is 5.97. The van der Waals surface area contributed by atoms with Crippen molar-refractivity contribution in [3.05, 3.63) is 54.1 Å². The summed E-state index contributed by atoms with van der Waals surface area (Å²) in [5.74, 6) is -0.948. The van der Waals surface area contributed by atoms with Crippen LogP contribution in [0.3, 0.4) is 0 Å². The van der Waals surface area contributed by atoms with Crippen molar-refractivity contribution < 1.29 is 24.5 Å². The molecule has 1 aliphatic rings. The van der Waals surface area contributed by atoms with Gasteiger partial charge in [-0.1, -0.05) is 24.3 Å². The number of nitrogens with one attached hydrogen (secondary N) is 1. The highest BCUT2D eigenvalue weighted by atomic mass is 35.5. The number of ether oxygens (including phenoxy) is 2. The van der Waals surface area contributed by atoms with Crippen molar-refractivity contribution in [1.29, 1.82) is 0 Å². The van der Waals surface area contributed by atoms with Gasteiger partial charge in [-0.05, 0) is 36.9 Å². The molecule has 2 atom stereocenters. The molecule has 0 unspecified atom stereocenters. The summed E-state index contributed by atoms with van der Waals surface area (Å²) < 4.78 is 44.0. The molecule has 1 heterocycles. The fourth-order valence-corrected chi connectivity index (χ4v) is 4.17.